The Kier molecular flexibility index (Phi) is 4.69. The molecule has 3 nitrogen and oxygen atoms in total. The highest BCUT2D eigenvalue weighted by atomic mass is 79.9. The van der Waals surface area contributed by atoms with Gasteiger partial charge in [-0.05, 0) is 59.1 Å². The number of halogens is 1. The first-order chi connectivity index (χ1) is 9.30. The van der Waals surface area contributed by atoms with Crippen LogP contribution in [0, 0.1) is 13.8 Å². The minimum Gasteiger partial charge on any atom is -0.207 e. The van der Waals surface area contributed by atoms with Gasteiger partial charge in [-0.3, -0.25) is 0 Å². The third kappa shape index (κ3) is 3.31. The van der Waals surface area contributed by atoms with Crippen molar-refractivity contribution in [3.63, 3.8) is 0 Å². The molecule has 0 N–H and O–H groups in total. The van der Waals surface area contributed by atoms with Gasteiger partial charge in [0.2, 0.25) is 10.0 Å². The van der Waals surface area contributed by atoms with Gasteiger partial charge in [0.15, 0.2) is 0 Å². The number of benzene rings is 1. The van der Waals surface area contributed by atoms with Gasteiger partial charge in [-0.15, -0.1) is 11.3 Å². The normalized spacial score (nSPS) is 12.1. The summed E-state index contributed by atoms with van der Waals surface area (Å²) >= 11 is 4.93. The van der Waals surface area contributed by atoms with Crippen molar-refractivity contribution in [1.82, 2.24) is 4.31 Å². The number of hydrogen-bond acceptors (Lipinski definition) is 3. The number of aryl methyl sites for hydroxylation is 2. The van der Waals surface area contributed by atoms with Crippen LogP contribution in [0.2, 0.25) is 0 Å². The van der Waals surface area contributed by atoms with Gasteiger partial charge in [-0.1, -0.05) is 12.1 Å². The molecule has 2 rings (SSSR count). The highest BCUT2D eigenvalue weighted by molar-refractivity contribution is 9.11. The van der Waals surface area contributed by atoms with Crippen LogP contribution in [0.15, 0.2) is 39.0 Å². The van der Waals surface area contributed by atoms with Crippen molar-refractivity contribution >= 4 is 37.3 Å². The van der Waals surface area contributed by atoms with Crippen molar-refractivity contribution in [2.24, 2.45) is 0 Å². The summed E-state index contributed by atoms with van der Waals surface area (Å²) in [7, 11) is -1.84. The van der Waals surface area contributed by atoms with Crippen LogP contribution >= 0.6 is 27.3 Å². The van der Waals surface area contributed by atoms with E-state index >= 15 is 0 Å². The first-order valence-corrected chi connectivity index (χ1v) is 9.13. The molecule has 0 atom stereocenters. The quantitative estimate of drug-likeness (QED) is 0.813. The highest BCUT2D eigenvalue weighted by Crippen LogP contribution is 2.26. The van der Waals surface area contributed by atoms with Crippen molar-refractivity contribution in [2.45, 2.75) is 25.3 Å². The Labute approximate surface area is 132 Å². The van der Waals surface area contributed by atoms with Gasteiger partial charge < -0.3 is 0 Å². The first-order valence-electron chi connectivity index (χ1n) is 6.08. The molecule has 108 valence electrons. The van der Waals surface area contributed by atoms with Crippen LogP contribution in [0.5, 0.6) is 0 Å². The molecule has 20 heavy (non-hydrogen) atoms. The molecular weight excluding hydrogens is 358 g/mol. The Balaban J connectivity index is 2.32. The third-order valence-corrected chi connectivity index (χ3v) is 6.59. The van der Waals surface area contributed by atoms with E-state index in [-0.39, 0.29) is 0 Å². The summed E-state index contributed by atoms with van der Waals surface area (Å²) < 4.78 is 27.7. The molecule has 1 aromatic heterocycles. The largest absolute Gasteiger partial charge is 0.243 e. The average Bonchev–Trinajstić information content (AvgIpc) is 2.77. The molecule has 0 amide bonds. The maximum atomic E-state index is 12.6. The smallest absolute Gasteiger partial charge is 0.207 e. The van der Waals surface area contributed by atoms with Gasteiger partial charge in [0.25, 0.3) is 0 Å². The maximum Gasteiger partial charge on any atom is 0.243 e. The summed E-state index contributed by atoms with van der Waals surface area (Å²) in [5.41, 5.74) is 1.72. The number of thiophene rings is 1. The summed E-state index contributed by atoms with van der Waals surface area (Å²) in [5.74, 6) is 0. The zero-order valence-electron chi connectivity index (χ0n) is 11.6. The average molecular weight is 374 g/mol. The molecule has 0 aliphatic heterocycles. The standard InChI is InChI=1S/C14H16BrNO2S2/c1-10-4-5-11(2)13(8-10)20(17,18)16(3)9-12-6-7-14(15)19-12/h4-8H,9H2,1-3H3. The number of rotatable bonds is 4. The Morgan fingerprint density at radius 3 is 2.50 bits per heavy atom. The predicted molar refractivity (Wildman–Crippen MR) is 86.6 cm³/mol. The van der Waals surface area contributed by atoms with E-state index in [1.807, 2.05) is 38.1 Å². The maximum absolute atomic E-state index is 12.6. The third-order valence-electron chi connectivity index (χ3n) is 3.04. The van der Waals surface area contributed by atoms with E-state index in [2.05, 4.69) is 15.9 Å². The van der Waals surface area contributed by atoms with Crippen LogP contribution in [0.25, 0.3) is 0 Å². The molecule has 0 saturated heterocycles. The Morgan fingerprint density at radius 2 is 1.90 bits per heavy atom. The van der Waals surface area contributed by atoms with E-state index in [1.165, 1.54) is 4.31 Å². The Bertz CT molecular complexity index is 723. The minimum atomic E-state index is -3.46. The predicted octanol–water partition coefficient (Wildman–Crippen LogP) is 3.95. The molecule has 1 aromatic carbocycles. The van der Waals surface area contributed by atoms with Gasteiger partial charge in [0, 0.05) is 18.5 Å². The molecule has 0 aliphatic rings. The molecule has 0 bridgehead atoms. The van der Waals surface area contributed by atoms with Crippen molar-refractivity contribution in [1.29, 1.82) is 0 Å². The molecule has 0 saturated carbocycles. The summed E-state index contributed by atoms with van der Waals surface area (Å²) in [5, 5.41) is 0. The molecule has 0 unspecified atom stereocenters. The van der Waals surface area contributed by atoms with Crippen molar-refractivity contribution in [2.75, 3.05) is 7.05 Å². The first kappa shape index (κ1) is 15.7. The second kappa shape index (κ2) is 5.97. The zero-order chi connectivity index (χ0) is 14.9. The van der Waals surface area contributed by atoms with Gasteiger partial charge in [-0.2, -0.15) is 4.31 Å². The topological polar surface area (TPSA) is 37.4 Å². The van der Waals surface area contributed by atoms with E-state index in [4.69, 9.17) is 0 Å². The number of hydrogen-bond donors (Lipinski definition) is 0. The highest BCUT2D eigenvalue weighted by Gasteiger charge is 2.23. The van der Waals surface area contributed by atoms with Gasteiger partial charge in [-0.25, -0.2) is 8.42 Å². The van der Waals surface area contributed by atoms with Crippen LogP contribution in [0.4, 0.5) is 0 Å². The van der Waals surface area contributed by atoms with Crippen molar-refractivity contribution in [3.8, 4) is 0 Å². The lowest BCUT2D eigenvalue weighted by atomic mass is 10.2. The second-order valence-corrected chi connectivity index (χ2v) is 9.30. The van der Waals surface area contributed by atoms with Crippen LogP contribution in [-0.4, -0.2) is 19.8 Å². The fourth-order valence-corrected chi connectivity index (χ4v) is 4.97. The SMILES string of the molecule is Cc1ccc(C)c(S(=O)(=O)N(C)Cc2ccc(Br)s2)c1. The lowest BCUT2D eigenvalue weighted by molar-refractivity contribution is 0.469. The molecule has 0 radical (unpaired) electrons. The van der Waals surface area contributed by atoms with Gasteiger partial charge in [0.05, 0.1) is 8.68 Å². The summed E-state index contributed by atoms with van der Waals surface area (Å²) in [6, 6.07) is 9.36. The summed E-state index contributed by atoms with van der Waals surface area (Å²) in [6.07, 6.45) is 0. The second-order valence-electron chi connectivity index (χ2n) is 4.74. The van der Waals surface area contributed by atoms with Crippen LogP contribution in [0.3, 0.4) is 0 Å². The van der Waals surface area contributed by atoms with Crippen LogP contribution in [0.1, 0.15) is 16.0 Å². The van der Waals surface area contributed by atoms with Crippen LogP contribution in [-0.2, 0) is 16.6 Å². The molecule has 0 spiro atoms. The molecule has 0 fully saturated rings. The Hall–Kier alpha value is -0.690. The zero-order valence-corrected chi connectivity index (χ0v) is 14.8. The van der Waals surface area contributed by atoms with Gasteiger partial charge in [0.1, 0.15) is 0 Å². The van der Waals surface area contributed by atoms with Crippen LogP contribution < -0.4 is 0 Å². The summed E-state index contributed by atoms with van der Waals surface area (Å²) in [4.78, 5) is 1.39. The van der Waals surface area contributed by atoms with Crippen molar-refractivity contribution < 1.29 is 8.42 Å². The van der Waals surface area contributed by atoms with Gasteiger partial charge >= 0.3 is 0 Å². The molecular formula is C14H16BrNO2S2. The number of nitrogens with zero attached hydrogens (tertiary/aromatic N) is 1. The fourth-order valence-electron chi connectivity index (χ4n) is 1.89. The molecule has 6 heteroatoms. The summed E-state index contributed by atoms with van der Waals surface area (Å²) in [6.45, 7) is 4.10. The lowest BCUT2D eigenvalue weighted by Crippen LogP contribution is -2.26. The van der Waals surface area contributed by atoms with Crippen molar-refractivity contribution in [3.05, 3.63) is 50.1 Å². The number of sulfonamides is 1. The molecule has 2 aromatic rings. The van der Waals surface area contributed by atoms with E-state index in [1.54, 1.807) is 24.5 Å². The fraction of sp³-hybridized carbons (Fsp3) is 0.286. The molecule has 1 heterocycles. The van der Waals surface area contributed by atoms with E-state index in [0.29, 0.717) is 11.4 Å². The van der Waals surface area contributed by atoms with E-state index in [9.17, 15) is 8.42 Å². The lowest BCUT2D eigenvalue weighted by Gasteiger charge is -2.18. The monoisotopic (exact) mass is 373 g/mol. The molecule has 0 aliphatic carbocycles. The Morgan fingerprint density at radius 1 is 1.20 bits per heavy atom. The minimum absolute atomic E-state index is 0.381. The van der Waals surface area contributed by atoms with E-state index < -0.39 is 10.0 Å². The van der Waals surface area contributed by atoms with E-state index in [0.717, 1.165) is 19.8 Å².